The van der Waals surface area contributed by atoms with E-state index in [2.05, 4.69) is 15.5 Å². The van der Waals surface area contributed by atoms with Crippen molar-refractivity contribution in [2.24, 2.45) is 0 Å². The molecule has 2 aromatic carbocycles. The number of nitrogen functional groups attached to an aromatic ring is 1. The molecule has 10 heteroatoms. The van der Waals surface area contributed by atoms with E-state index in [1.54, 1.807) is 31.2 Å². The highest BCUT2D eigenvalue weighted by molar-refractivity contribution is 8.00. The van der Waals surface area contributed by atoms with E-state index in [1.807, 2.05) is 0 Å². The zero-order chi connectivity index (χ0) is 19.6. The van der Waals surface area contributed by atoms with E-state index in [4.69, 9.17) is 17.4 Å². The van der Waals surface area contributed by atoms with Gasteiger partial charge in [0.15, 0.2) is 17.5 Å². The Hall–Kier alpha value is -2.65. The van der Waals surface area contributed by atoms with E-state index in [0.29, 0.717) is 21.6 Å². The first kappa shape index (κ1) is 19.1. The van der Waals surface area contributed by atoms with Crippen molar-refractivity contribution in [1.82, 2.24) is 14.9 Å². The smallest absolute Gasteiger partial charge is 0.237 e. The summed E-state index contributed by atoms with van der Waals surface area (Å²) in [5, 5.41) is 10.7. The predicted molar refractivity (Wildman–Crippen MR) is 101 cm³/mol. The van der Waals surface area contributed by atoms with Crippen molar-refractivity contribution in [3.8, 4) is 11.4 Å². The van der Waals surface area contributed by atoms with Gasteiger partial charge in [-0.25, -0.2) is 13.5 Å². The van der Waals surface area contributed by atoms with Crippen LogP contribution >= 0.6 is 23.4 Å². The van der Waals surface area contributed by atoms with E-state index in [0.717, 1.165) is 23.9 Å². The number of nitrogens with one attached hydrogen (secondary N) is 1. The zero-order valence-corrected chi connectivity index (χ0v) is 15.6. The average Bonchev–Trinajstić information content (AvgIpc) is 2.99. The lowest BCUT2D eigenvalue weighted by atomic mass is 10.2. The Balaban J connectivity index is 1.72. The van der Waals surface area contributed by atoms with Crippen molar-refractivity contribution in [2.75, 3.05) is 11.2 Å². The molecule has 140 valence electrons. The molecular weight excluding hydrogens is 396 g/mol. The van der Waals surface area contributed by atoms with Gasteiger partial charge in [-0.15, -0.1) is 10.2 Å². The Morgan fingerprint density at radius 1 is 1.22 bits per heavy atom. The molecule has 3 rings (SSSR count). The summed E-state index contributed by atoms with van der Waals surface area (Å²) in [6, 6.07) is 10.2. The second-order valence-electron chi connectivity index (χ2n) is 5.53. The maximum atomic E-state index is 13.2. The summed E-state index contributed by atoms with van der Waals surface area (Å²) in [7, 11) is 0. The third-order valence-electron chi connectivity index (χ3n) is 3.62. The minimum atomic E-state index is -1.04. The molecule has 0 fully saturated rings. The second-order valence-corrected chi connectivity index (χ2v) is 7.25. The van der Waals surface area contributed by atoms with E-state index in [1.165, 1.54) is 10.7 Å². The molecule has 0 saturated heterocycles. The normalized spacial score (nSPS) is 12.0. The average molecular weight is 410 g/mol. The van der Waals surface area contributed by atoms with Crippen LogP contribution in [0.1, 0.15) is 6.92 Å². The standard InChI is InChI=1S/C17H14ClF2N5OS/c1-9(16(26)22-10-6-7-13(19)14(20)8-10)27-17-24-23-15(25(17)21)11-4-2-3-5-12(11)18/h2-9H,21H2,1H3,(H,22,26)/t9-/m1/s1. The number of anilines is 1. The Kier molecular flexibility index (Phi) is 5.62. The highest BCUT2D eigenvalue weighted by Crippen LogP contribution is 2.29. The Morgan fingerprint density at radius 2 is 1.96 bits per heavy atom. The van der Waals surface area contributed by atoms with E-state index >= 15 is 0 Å². The first-order chi connectivity index (χ1) is 12.9. The third kappa shape index (κ3) is 4.20. The minimum Gasteiger partial charge on any atom is -0.335 e. The van der Waals surface area contributed by atoms with Crippen LogP contribution in [-0.2, 0) is 4.79 Å². The fourth-order valence-electron chi connectivity index (χ4n) is 2.21. The Morgan fingerprint density at radius 3 is 2.67 bits per heavy atom. The summed E-state index contributed by atoms with van der Waals surface area (Å²) in [6.07, 6.45) is 0. The van der Waals surface area contributed by atoms with Gasteiger partial charge in [0.2, 0.25) is 11.1 Å². The summed E-state index contributed by atoms with van der Waals surface area (Å²) in [5.74, 6) is 3.94. The highest BCUT2D eigenvalue weighted by Gasteiger charge is 2.21. The number of amides is 1. The summed E-state index contributed by atoms with van der Waals surface area (Å²) >= 11 is 7.21. The number of nitrogens with zero attached hydrogens (tertiary/aromatic N) is 3. The fraction of sp³-hybridized carbons (Fsp3) is 0.118. The first-order valence-corrected chi connectivity index (χ1v) is 9.00. The largest absolute Gasteiger partial charge is 0.335 e. The van der Waals surface area contributed by atoms with Gasteiger partial charge in [-0.3, -0.25) is 4.79 Å². The number of carbonyl (C=O) groups is 1. The topological polar surface area (TPSA) is 85.8 Å². The van der Waals surface area contributed by atoms with Gasteiger partial charge in [0.05, 0.1) is 10.3 Å². The highest BCUT2D eigenvalue weighted by atomic mass is 35.5. The molecule has 27 heavy (non-hydrogen) atoms. The molecule has 0 spiro atoms. The van der Waals surface area contributed by atoms with Crippen molar-refractivity contribution in [2.45, 2.75) is 17.3 Å². The quantitative estimate of drug-likeness (QED) is 0.495. The molecule has 1 atom stereocenters. The number of halogens is 3. The Labute approximate surface area is 162 Å². The maximum absolute atomic E-state index is 13.2. The molecule has 0 saturated carbocycles. The molecule has 1 amide bonds. The predicted octanol–water partition coefficient (Wildman–Crippen LogP) is 3.71. The lowest BCUT2D eigenvalue weighted by Crippen LogP contribution is -2.23. The van der Waals surface area contributed by atoms with Crippen LogP contribution < -0.4 is 11.2 Å². The van der Waals surface area contributed by atoms with Crippen molar-refractivity contribution in [1.29, 1.82) is 0 Å². The number of carbonyl (C=O) groups excluding carboxylic acids is 1. The van der Waals surface area contributed by atoms with Crippen LogP contribution in [0.5, 0.6) is 0 Å². The fourth-order valence-corrected chi connectivity index (χ4v) is 3.20. The number of thioether (sulfide) groups is 1. The van der Waals surface area contributed by atoms with E-state index in [9.17, 15) is 13.6 Å². The van der Waals surface area contributed by atoms with E-state index in [-0.39, 0.29) is 5.69 Å². The molecule has 0 unspecified atom stereocenters. The first-order valence-electron chi connectivity index (χ1n) is 7.74. The molecule has 0 aliphatic heterocycles. The summed E-state index contributed by atoms with van der Waals surface area (Å²) < 4.78 is 27.5. The van der Waals surface area contributed by atoms with Crippen LogP contribution in [0.15, 0.2) is 47.6 Å². The number of benzene rings is 2. The van der Waals surface area contributed by atoms with E-state index < -0.39 is 22.8 Å². The van der Waals surface area contributed by atoms with Crippen molar-refractivity contribution in [3.63, 3.8) is 0 Å². The van der Waals surface area contributed by atoms with Crippen LogP contribution in [0.4, 0.5) is 14.5 Å². The maximum Gasteiger partial charge on any atom is 0.237 e. The molecule has 0 aliphatic carbocycles. The van der Waals surface area contributed by atoms with Crippen LogP contribution in [0.2, 0.25) is 5.02 Å². The van der Waals surface area contributed by atoms with Gasteiger partial charge in [-0.1, -0.05) is 35.5 Å². The number of hydrogen-bond acceptors (Lipinski definition) is 5. The SMILES string of the molecule is C[C@@H](Sc1nnc(-c2ccccc2Cl)n1N)C(=O)Nc1ccc(F)c(F)c1. The molecule has 6 nitrogen and oxygen atoms in total. The van der Waals surface area contributed by atoms with Gasteiger partial charge in [-0.2, -0.15) is 0 Å². The molecule has 3 aromatic rings. The Bertz CT molecular complexity index is 997. The second kappa shape index (κ2) is 7.93. The molecular formula is C17H14ClF2N5OS. The number of hydrogen-bond donors (Lipinski definition) is 2. The van der Waals surface area contributed by atoms with Crippen molar-refractivity contribution in [3.05, 3.63) is 59.1 Å². The van der Waals surface area contributed by atoms with Gasteiger partial charge in [0.25, 0.3) is 0 Å². The van der Waals surface area contributed by atoms with Crippen LogP contribution in [0, 0.1) is 11.6 Å². The van der Waals surface area contributed by atoms with Gasteiger partial charge in [0, 0.05) is 17.3 Å². The molecule has 0 radical (unpaired) electrons. The van der Waals surface area contributed by atoms with Crippen LogP contribution in [0.25, 0.3) is 11.4 Å². The van der Waals surface area contributed by atoms with Gasteiger partial charge >= 0.3 is 0 Å². The van der Waals surface area contributed by atoms with Crippen molar-refractivity contribution >= 4 is 35.0 Å². The van der Waals surface area contributed by atoms with Gasteiger partial charge < -0.3 is 11.2 Å². The van der Waals surface area contributed by atoms with Gasteiger partial charge in [0.1, 0.15) is 0 Å². The zero-order valence-electron chi connectivity index (χ0n) is 14.0. The summed E-state index contributed by atoms with van der Waals surface area (Å²) in [5.41, 5.74) is 0.761. The molecule has 0 aliphatic rings. The molecule has 0 bridgehead atoms. The molecule has 1 aromatic heterocycles. The minimum absolute atomic E-state index is 0.150. The van der Waals surface area contributed by atoms with Crippen LogP contribution in [-0.4, -0.2) is 26.0 Å². The number of nitrogens with two attached hydrogens (primary N) is 1. The summed E-state index contributed by atoms with van der Waals surface area (Å²) in [4.78, 5) is 12.3. The number of aromatic nitrogens is 3. The summed E-state index contributed by atoms with van der Waals surface area (Å²) in [6.45, 7) is 1.63. The van der Waals surface area contributed by atoms with Crippen molar-refractivity contribution < 1.29 is 13.6 Å². The van der Waals surface area contributed by atoms with Gasteiger partial charge in [-0.05, 0) is 31.2 Å². The van der Waals surface area contributed by atoms with Crippen LogP contribution in [0.3, 0.4) is 0 Å². The lowest BCUT2D eigenvalue weighted by Gasteiger charge is -2.12. The number of rotatable bonds is 5. The monoisotopic (exact) mass is 409 g/mol. The lowest BCUT2D eigenvalue weighted by molar-refractivity contribution is -0.115. The molecule has 3 N–H and O–H groups in total. The third-order valence-corrected chi connectivity index (χ3v) is 5.00. The molecule has 1 heterocycles.